The lowest BCUT2D eigenvalue weighted by atomic mass is 9.83. The Morgan fingerprint density at radius 2 is 1.91 bits per heavy atom. The Morgan fingerprint density at radius 3 is 2.59 bits per heavy atom. The van der Waals surface area contributed by atoms with Gasteiger partial charge in [0.15, 0.2) is 0 Å². The maximum Gasteiger partial charge on any atom is 0.221 e. The summed E-state index contributed by atoms with van der Waals surface area (Å²) in [5.74, 6) is 3.85. The SMILES string of the molecule is CC(C)CN1CCC(C2CCN(c3ccnc(N)n3)C2)CC1. The fourth-order valence-corrected chi connectivity index (χ4v) is 4.04. The summed E-state index contributed by atoms with van der Waals surface area (Å²) < 4.78 is 0. The van der Waals surface area contributed by atoms with Crippen molar-refractivity contribution in [3.63, 3.8) is 0 Å². The Balaban J connectivity index is 1.51. The van der Waals surface area contributed by atoms with Gasteiger partial charge in [0.2, 0.25) is 5.95 Å². The van der Waals surface area contributed by atoms with Gasteiger partial charge in [-0.25, -0.2) is 4.98 Å². The Labute approximate surface area is 133 Å². The highest BCUT2D eigenvalue weighted by molar-refractivity contribution is 5.42. The van der Waals surface area contributed by atoms with Gasteiger partial charge in [-0.1, -0.05) is 13.8 Å². The fraction of sp³-hybridized carbons (Fsp3) is 0.765. The van der Waals surface area contributed by atoms with E-state index >= 15 is 0 Å². The second-order valence-corrected chi connectivity index (χ2v) is 7.30. The molecule has 2 N–H and O–H groups in total. The first-order valence-electron chi connectivity index (χ1n) is 8.67. The van der Waals surface area contributed by atoms with Gasteiger partial charge in [0, 0.05) is 25.8 Å². The molecule has 3 heterocycles. The lowest BCUT2D eigenvalue weighted by Gasteiger charge is -2.35. The topological polar surface area (TPSA) is 58.3 Å². The van der Waals surface area contributed by atoms with Gasteiger partial charge in [0.05, 0.1) is 0 Å². The van der Waals surface area contributed by atoms with E-state index in [0.29, 0.717) is 5.95 Å². The summed E-state index contributed by atoms with van der Waals surface area (Å²) in [6.07, 6.45) is 5.77. The second kappa shape index (κ2) is 6.82. The average Bonchev–Trinajstić information content (AvgIpc) is 2.97. The molecule has 5 heteroatoms. The van der Waals surface area contributed by atoms with Gasteiger partial charge in [-0.2, -0.15) is 4.98 Å². The van der Waals surface area contributed by atoms with Crippen molar-refractivity contribution >= 4 is 11.8 Å². The molecule has 0 radical (unpaired) electrons. The maximum atomic E-state index is 5.70. The van der Waals surface area contributed by atoms with Crippen molar-refractivity contribution < 1.29 is 0 Å². The van der Waals surface area contributed by atoms with Crippen molar-refractivity contribution in [3.05, 3.63) is 12.3 Å². The smallest absolute Gasteiger partial charge is 0.221 e. The Kier molecular flexibility index (Phi) is 4.81. The first-order valence-corrected chi connectivity index (χ1v) is 8.67. The van der Waals surface area contributed by atoms with Crippen LogP contribution in [0.25, 0.3) is 0 Å². The zero-order chi connectivity index (χ0) is 15.5. The molecule has 1 atom stereocenters. The highest BCUT2D eigenvalue weighted by Crippen LogP contribution is 2.33. The lowest BCUT2D eigenvalue weighted by Crippen LogP contribution is -2.38. The molecule has 1 aromatic rings. The molecule has 0 spiro atoms. The molecule has 5 nitrogen and oxygen atoms in total. The van der Waals surface area contributed by atoms with Crippen LogP contribution in [0.1, 0.15) is 33.1 Å². The molecule has 0 aliphatic carbocycles. The van der Waals surface area contributed by atoms with Crippen LogP contribution in [-0.4, -0.2) is 47.6 Å². The Bertz CT molecular complexity index is 482. The molecular formula is C17H29N5. The van der Waals surface area contributed by atoms with E-state index in [2.05, 4.69) is 33.6 Å². The first kappa shape index (κ1) is 15.5. The number of hydrogen-bond acceptors (Lipinski definition) is 5. The minimum Gasteiger partial charge on any atom is -0.368 e. The summed E-state index contributed by atoms with van der Waals surface area (Å²) >= 11 is 0. The predicted octanol–water partition coefficient (Wildman–Crippen LogP) is 2.25. The Hall–Kier alpha value is -1.36. The van der Waals surface area contributed by atoms with E-state index in [4.69, 9.17) is 5.73 Å². The minimum absolute atomic E-state index is 0.378. The zero-order valence-electron chi connectivity index (χ0n) is 13.9. The van der Waals surface area contributed by atoms with Crippen molar-refractivity contribution in [2.24, 2.45) is 17.8 Å². The largest absolute Gasteiger partial charge is 0.368 e. The molecule has 22 heavy (non-hydrogen) atoms. The van der Waals surface area contributed by atoms with Crippen molar-refractivity contribution in [3.8, 4) is 0 Å². The molecule has 2 aliphatic heterocycles. The molecule has 0 amide bonds. The second-order valence-electron chi connectivity index (χ2n) is 7.30. The van der Waals surface area contributed by atoms with Crippen LogP contribution in [0.2, 0.25) is 0 Å². The van der Waals surface area contributed by atoms with Crippen molar-refractivity contribution in [1.29, 1.82) is 0 Å². The van der Waals surface area contributed by atoms with Crippen LogP contribution < -0.4 is 10.6 Å². The fourth-order valence-electron chi connectivity index (χ4n) is 4.04. The molecule has 122 valence electrons. The molecule has 1 unspecified atom stereocenters. The highest BCUT2D eigenvalue weighted by Gasteiger charge is 2.32. The summed E-state index contributed by atoms with van der Waals surface area (Å²) in [7, 11) is 0. The first-order chi connectivity index (χ1) is 10.6. The molecule has 0 bridgehead atoms. The van der Waals surface area contributed by atoms with Crippen molar-refractivity contribution in [2.75, 3.05) is 43.4 Å². The number of hydrogen-bond donors (Lipinski definition) is 1. The van der Waals surface area contributed by atoms with Crippen LogP contribution in [0.5, 0.6) is 0 Å². The molecular weight excluding hydrogens is 274 g/mol. The van der Waals surface area contributed by atoms with Crippen LogP contribution >= 0.6 is 0 Å². The number of nitrogens with two attached hydrogens (primary N) is 1. The number of piperidine rings is 1. The number of nitrogens with zero attached hydrogens (tertiary/aromatic N) is 4. The zero-order valence-corrected chi connectivity index (χ0v) is 13.9. The summed E-state index contributed by atoms with van der Waals surface area (Å²) in [6, 6.07) is 1.98. The van der Waals surface area contributed by atoms with Crippen LogP contribution in [0.3, 0.4) is 0 Å². The van der Waals surface area contributed by atoms with E-state index < -0.39 is 0 Å². The maximum absolute atomic E-state index is 5.70. The van der Waals surface area contributed by atoms with Gasteiger partial charge in [-0.3, -0.25) is 0 Å². The third kappa shape index (κ3) is 3.69. The Morgan fingerprint density at radius 1 is 1.18 bits per heavy atom. The lowest BCUT2D eigenvalue weighted by molar-refractivity contribution is 0.141. The summed E-state index contributed by atoms with van der Waals surface area (Å²) in [4.78, 5) is 13.4. The number of anilines is 2. The van der Waals surface area contributed by atoms with Gasteiger partial charge in [-0.15, -0.1) is 0 Å². The van der Waals surface area contributed by atoms with E-state index in [-0.39, 0.29) is 0 Å². The molecule has 2 aliphatic rings. The van der Waals surface area contributed by atoms with Crippen molar-refractivity contribution in [2.45, 2.75) is 33.1 Å². The molecule has 0 saturated carbocycles. The number of aromatic nitrogens is 2. The quantitative estimate of drug-likeness (QED) is 0.924. The predicted molar refractivity (Wildman–Crippen MR) is 90.8 cm³/mol. The molecule has 0 aromatic carbocycles. The number of rotatable bonds is 4. The highest BCUT2D eigenvalue weighted by atomic mass is 15.2. The third-order valence-corrected chi connectivity index (χ3v) is 5.13. The van der Waals surface area contributed by atoms with Crippen LogP contribution in [0.15, 0.2) is 12.3 Å². The van der Waals surface area contributed by atoms with E-state index in [1.165, 1.54) is 38.9 Å². The van der Waals surface area contributed by atoms with E-state index in [9.17, 15) is 0 Å². The molecule has 2 fully saturated rings. The van der Waals surface area contributed by atoms with E-state index in [1.807, 2.05) is 6.07 Å². The molecule has 1 aromatic heterocycles. The van der Waals surface area contributed by atoms with Gasteiger partial charge in [-0.05, 0) is 56.2 Å². The standard InChI is InChI=1S/C17H29N5/c1-13(2)11-21-8-4-14(5-9-21)15-6-10-22(12-15)16-3-7-19-17(18)20-16/h3,7,13-15H,4-6,8-12H2,1-2H3,(H2,18,19,20). The normalized spacial score (nSPS) is 24.3. The van der Waals surface area contributed by atoms with E-state index in [0.717, 1.165) is 36.7 Å². The van der Waals surface area contributed by atoms with E-state index in [1.54, 1.807) is 6.20 Å². The van der Waals surface area contributed by atoms with Gasteiger partial charge in [0.25, 0.3) is 0 Å². The monoisotopic (exact) mass is 303 g/mol. The summed E-state index contributed by atoms with van der Waals surface area (Å²) in [6.45, 7) is 10.7. The van der Waals surface area contributed by atoms with Crippen molar-refractivity contribution in [1.82, 2.24) is 14.9 Å². The number of likely N-dealkylation sites (tertiary alicyclic amines) is 1. The minimum atomic E-state index is 0.378. The average molecular weight is 303 g/mol. The van der Waals surface area contributed by atoms with Crippen LogP contribution in [0.4, 0.5) is 11.8 Å². The van der Waals surface area contributed by atoms with Crippen LogP contribution in [0, 0.1) is 17.8 Å². The van der Waals surface area contributed by atoms with Crippen LogP contribution in [-0.2, 0) is 0 Å². The van der Waals surface area contributed by atoms with Gasteiger partial charge < -0.3 is 15.5 Å². The third-order valence-electron chi connectivity index (χ3n) is 5.13. The number of nitrogen functional groups attached to an aromatic ring is 1. The summed E-state index contributed by atoms with van der Waals surface area (Å²) in [5, 5.41) is 0. The summed E-state index contributed by atoms with van der Waals surface area (Å²) in [5.41, 5.74) is 5.70. The van der Waals surface area contributed by atoms with Gasteiger partial charge >= 0.3 is 0 Å². The molecule has 2 saturated heterocycles. The molecule has 3 rings (SSSR count). The van der Waals surface area contributed by atoms with Gasteiger partial charge in [0.1, 0.15) is 5.82 Å².